The minimum Gasteiger partial charge on any atom is -0.378 e. The lowest BCUT2D eigenvalue weighted by Crippen LogP contribution is -2.56. The highest BCUT2D eigenvalue weighted by atomic mass is 16.3. The van der Waals surface area contributed by atoms with Crippen molar-refractivity contribution in [3.63, 3.8) is 0 Å². The SMILES string of the molecule is Cc1ccn(CC(C)(O)C(=O)N2CCN(c3nccc(C(C)C)n3)CC2)c(=O)c1. The molecule has 0 bridgehead atoms. The molecule has 8 nitrogen and oxygen atoms in total. The number of anilines is 1. The average Bonchev–Trinajstić information content (AvgIpc) is 2.69. The van der Waals surface area contributed by atoms with Gasteiger partial charge in [-0.25, -0.2) is 9.97 Å². The summed E-state index contributed by atoms with van der Waals surface area (Å²) in [5.74, 6) is 0.614. The summed E-state index contributed by atoms with van der Waals surface area (Å²) in [5.41, 5.74) is -0.0582. The van der Waals surface area contributed by atoms with Crippen LogP contribution in [0.5, 0.6) is 0 Å². The Morgan fingerprint density at radius 3 is 2.55 bits per heavy atom. The topological polar surface area (TPSA) is 91.6 Å². The molecule has 2 aromatic rings. The second kappa shape index (κ2) is 8.32. The van der Waals surface area contributed by atoms with Crippen LogP contribution >= 0.6 is 0 Å². The smallest absolute Gasteiger partial charge is 0.256 e. The van der Waals surface area contributed by atoms with Crippen molar-refractivity contribution in [1.29, 1.82) is 0 Å². The molecule has 1 fully saturated rings. The molecule has 0 aromatic carbocycles. The third kappa shape index (κ3) is 4.82. The molecule has 0 aliphatic carbocycles. The average molecular weight is 399 g/mol. The van der Waals surface area contributed by atoms with Crippen LogP contribution in [0.4, 0.5) is 5.95 Å². The Labute approximate surface area is 170 Å². The van der Waals surface area contributed by atoms with Crippen LogP contribution in [0.2, 0.25) is 0 Å². The van der Waals surface area contributed by atoms with E-state index in [9.17, 15) is 14.7 Å². The van der Waals surface area contributed by atoms with Gasteiger partial charge in [0.2, 0.25) is 5.95 Å². The van der Waals surface area contributed by atoms with E-state index in [2.05, 4.69) is 28.7 Å². The van der Waals surface area contributed by atoms with Crippen LogP contribution in [-0.4, -0.2) is 62.2 Å². The number of carbonyl (C=O) groups excluding carboxylic acids is 1. The summed E-state index contributed by atoms with van der Waals surface area (Å²) in [6.07, 6.45) is 3.37. The molecule has 3 rings (SSSR count). The van der Waals surface area contributed by atoms with Gasteiger partial charge < -0.3 is 19.5 Å². The molecule has 1 aliphatic heterocycles. The van der Waals surface area contributed by atoms with Crippen LogP contribution in [0, 0.1) is 6.92 Å². The van der Waals surface area contributed by atoms with E-state index in [0.29, 0.717) is 38.0 Å². The number of aryl methyl sites for hydroxylation is 1. The van der Waals surface area contributed by atoms with Gasteiger partial charge in [-0.1, -0.05) is 13.8 Å². The second-order valence-corrected chi connectivity index (χ2v) is 8.16. The number of pyridine rings is 1. The first-order valence-electron chi connectivity index (χ1n) is 9.94. The summed E-state index contributed by atoms with van der Waals surface area (Å²) in [6, 6.07) is 5.19. The third-order valence-electron chi connectivity index (χ3n) is 5.20. The van der Waals surface area contributed by atoms with E-state index in [1.807, 2.05) is 13.0 Å². The Balaban J connectivity index is 1.64. The van der Waals surface area contributed by atoms with Crippen LogP contribution in [0.3, 0.4) is 0 Å². The summed E-state index contributed by atoms with van der Waals surface area (Å²) in [7, 11) is 0. The van der Waals surface area contributed by atoms with E-state index in [0.717, 1.165) is 11.3 Å². The zero-order valence-corrected chi connectivity index (χ0v) is 17.5. The monoisotopic (exact) mass is 399 g/mol. The van der Waals surface area contributed by atoms with Crippen LogP contribution < -0.4 is 10.5 Å². The van der Waals surface area contributed by atoms with Gasteiger partial charge in [0.1, 0.15) is 0 Å². The number of rotatable bonds is 5. The molecule has 3 heterocycles. The van der Waals surface area contributed by atoms with E-state index < -0.39 is 5.60 Å². The fraction of sp³-hybridized carbons (Fsp3) is 0.524. The van der Waals surface area contributed by atoms with E-state index >= 15 is 0 Å². The predicted octanol–water partition coefficient (Wildman–Crippen LogP) is 1.17. The fourth-order valence-electron chi connectivity index (χ4n) is 3.42. The predicted molar refractivity (Wildman–Crippen MR) is 111 cm³/mol. The molecular formula is C21H29N5O3. The Morgan fingerprint density at radius 2 is 1.93 bits per heavy atom. The Bertz CT molecular complexity index is 930. The summed E-state index contributed by atoms with van der Waals surface area (Å²) in [4.78, 5) is 37.7. The van der Waals surface area contributed by atoms with Crippen molar-refractivity contribution in [3.05, 3.63) is 52.2 Å². The van der Waals surface area contributed by atoms with Crippen LogP contribution in [0.15, 0.2) is 35.4 Å². The second-order valence-electron chi connectivity index (χ2n) is 8.16. The molecule has 1 saturated heterocycles. The van der Waals surface area contributed by atoms with Gasteiger partial charge in [-0.3, -0.25) is 9.59 Å². The molecular weight excluding hydrogens is 370 g/mol. The molecule has 29 heavy (non-hydrogen) atoms. The standard InChI is InChI=1S/C21H29N5O3/c1-15(2)17-5-7-22-20(23-17)25-11-9-24(10-12-25)19(28)21(4,29)14-26-8-6-16(3)13-18(26)27/h5-8,13,15,29H,9-12,14H2,1-4H3. The van der Waals surface area contributed by atoms with Gasteiger partial charge in [-0.05, 0) is 37.5 Å². The van der Waals surface area contributed by atoms with Gasteiger partial charge in [-0.15, -0.1) is 0 Å². The summed E-state index contributed by atoms with van der Waals surface area (Å²) < 4.78 is 1.37. The van der Waals surface area contributed by atoms with Crippen molar-refractivity contribution in [1.82, 2.24) is 19.4 Å². The molecule has 8 heteroatoms. The molecule has 1 aliphatic rings. The highest BCUT2D eigenvalue weighted by Gasteiger charge is 2.36. The zero-order valence-electron chi connectivity index (χ0n) is 17.5. The number of aliphatic hydroxyl groups is 1. The number of hydrogen-bond donors (Lipinski definition) is 1. The van der Waals surface area contributed by atoms with Gasteiger partial charge in [0.05, 0.1) is 6.54 Å². The first kappa shape index (κ1) is 21.0. The lowest BCUT2D eigenvalue weighted by molar-refractivity contribution is -0.151. The molecule has 0 radical (unpaired) electrons. The van der Waals surface area contributed by atoms with E-state index in [4.69, 9.17) is 0 Å². The summed E-state index contributed by atoms with van der Waals surface area (Å²) >= 11 is 0. The highest BCUT2D eigenvalue weighted by molar-refractivity contribution is 5.84. The van der Waals surface area contributed by atoms with Gasteiger partial charge in [0, 0.05) is 50.3 Å². The van der Waals surface area contributed by atoms with Gasteiger partial charge in [-0.2, -0.15) is 0 Å². The molecule has 1 unspecified atom stereocenters. The van der Waals surface area contributed by atoms with Crippen LogP contribution in [0.1, 0.15) is 37.9 Å². The summed E-state index contributed by atoms with van der Waals surface area (Å²) in [6.45, 7) is 9.50. The van der Waals surface area contributed by atoms with Crippen molar-refractivity contribution in [2.45, 2.75) is 45.8 Å². The van der Waals surface area contributed by atoms with Gasteiger partial charge >= 0.3 is 0 Å². The quantitative estimate of drug-likeness (QED) is 0.812. The van der Waals surface area contributed by atoms with Crippen molar-refractivity contribution in [2.75, 3.05) is 31.1 Å². The van der Waals surface area contributed by atoms with Crippen LogP contribution in [0.25, 0.3) is 0 Å². The van der Waals surface area contributed by atoms with Crippen molar-refractivity contribution < 1.29 is 9.90 Å². The minimum absolute atomic E-state index is 0.0787. The minimum atomic E-state index is -1.66. The van der Waals surface area contributed by atoms with E-state index in [1.54, 1.807) is 23.4 Å². The first-order chi connectivity index (χ1) is 13.7. The highest BCUT2D eigenvalue weighted by Crippen LogP contribution is 2.18. The Hall–Kier alpha value is -2.74. The van der Waals surface area contributed by atoms with Crippen LogP contribution in [-0.2, 0) is 11.3 Å². The number of hydrogen-bond acceptors (Lipinski definition) is 6. The third-order valence-corrected chi connectivity index (χ3v) is 5.20. The van der Waals surface area contributed by atoms with E-state index in [1.165, 1.54) is 17.6 Å². The Morgan fingerprint density at radius 1 is 1.24 bits per heavy atom. The van der Waals surface area contributed by atoms with Crippen molar-refractivity contribution in [2.24, 2.45) is 0 Å². The lowest BCUT2D eigenvalue weighted by Gasteiger charge is -2.38. The lowest BCUT2D eigenvalue weighted by atomic mass is 10.0. The molecule has 156 valence electrons. The molecule has 1 amide bonds. The zero-order chi connectivity index (χ0) is 21.2. The number of carbonyl (C=O) groups is 1. The number of amides is 1. The van der Waals surface area contributed by atoms with Gasteiger partial charge in [0.15, 0.2) is 5.60 Å². The first-order valence-corrected chi connectivity index (χ1v) is 9.94. The normalized spacial score (nSPS) is 16.8. The molecule has 0 saturated carbocycles. The maximum Gasteiger partial charge on any atom is 0.256 e. The maximum atomic E-state index is 12.9. The number of piperazine rings is 1. The molecule has 1 atom stereocenters. The molecule has 0 spiro atoms. The number of aromatic nitrogens is 3. The largest absolute Gasteiger partial charge is 0.378 e. The van der Waals surface area contributed by atoms with Crippen molar-refractivity contribution >= 4 is 11.9 Å². The molecule has 2 aromatic heterocycles. The Kier molecular flexibility index (Phi) is 6.02. The van der Waals surface area contributed by atoms with E-state index in [-0.39, 0.29) is 18.0 Å². The number of nitrogens with zero attached hydrogens (tertiary/aromatic N) is 5. The maximum absolute atomic E-state index is 12.9. The summed E-state index contributed by atoms with van der Waals surface area (Å²) in [5, 5.41) is 10.8. The molecule has 1 N–H and O–H groups in total. The van der Waals surface area contributed by atoms with Gasteiger partial charge in [0.25, 0.3) is 11.5 Å². The fourth-order valence-corrected chi connectivity index (χ4v) is 3.42. The van der Waals surface area contributed by atoms with Crippen molar-refractivity contribution in [3.8, 4) is 0 Å².